The molecule has 3 N–H and O–H groups in total. The van der Waals surface area contributed by atoms with E-state index in [1.165, 1.54) is 16.6 Å². The molecule has 1 aliphatic rings. The van der Waals surface area contributed by atoms with Crippen LogP contribution in [0.4, 0.5) is 0 Å². The molecule has 1 heterocycles. The Morgan fingerprint density at radius 1 is 1.00 bits per heavy atom. The maximum Gasteiger partial charge on any atom is 0.152 e. The Balaban J connectivity index is 1.70. The van der Waals surface area contributed by atoms with Gasteiger partial charge in [-0.05, 0) is 68.5 Å². The van der Waals surface area contributed by atoms with Crippen molar-refractivity contribution in [1.82, 2.24) is 15.4 Å². The van der Waals surface area contributed by atoms with E-state index in [0.29, 0.717) is 12.0 Å². The zero-order valence-corrected chi connectivity index (χ0v) is 16.8. The van der Waals surface area contributed by atoms with Crippen molar-refractivity contribution in [2.75, 3.05) is 0 Å². The van der Waals surface area contributed by atoms with Crippen molar-refractivity contribution >= 4 is 34.7 Å². The number of aryl methyl sites for hydroxylation is 1. The van der Waals surface area contributed by atoms with E-state index in [4.69, 9.17) is 27.4 Å². The van der Waals surface area contributed by atoms with E-state index in [0.717, 1.165) is 47.6 Å². The van der Waals surface area contributed by atoms with E-state index in [1.54, 1.807) is 0 Å². The van der Waals surface area contributed by atoms with Gasteiger partial charge in [0.25, 0.3) is 0 Å². The number of nitrogens with one attached hydrogen (secondary N) is 1. The van der Waals surface area contributed by atoms with Crippen LogP contribution >= 0.6 is 11.6 Å². The number of hydrogen-bond donors (Lipinski definition) is 2. The first-order valence-electron chi connectivity index (χ1n) is 9.80. The zero-order valence-electron chi connectivity index (χ0n) is 16.0. The number of nitrogens with zero attached hydrogens (tertiary/aromatic N) is 2. The van der Waals surface area contributed by atoms with Gasteiger partial charge in [-0.1, -0.05) is 41.4 Å². The van der Waals surface area contributed by atoms with Crippen LogP contribution in [0.1, 0.15) is 54.2 Å². The van der Waals surface area contributed by atoms with E-state index in [9.17, 15) is 0 Å². The molecule has 28 heavy (non-hydrogen) atoms. The van der Waals surface area contributed by atoms with E-state index < -0.39 is 0 Å². The first kappa shape index (κ1) is 19.1. The van der Waals surface area contributed by atoms with Crippen LogP contribution in [-0.4, -0.2) is 16.0 Å². The second-order valence-electron chi connectivity index (χ2n) is 7.59. The van der Waals surface area contributed by atoms with Crippen LogP contribution in [0.15, 0.2) is 42.5 Å². The molecule has 0 atom stereocenters. The van der Waals surface area contributed by atoms with Crippen LogP contribution in [0.25, 0.3) is 23.1 Å². The van der Waals surface area contributed by atoms with E-state index in [-0.39, 0.29) is 0 Å². The lowest BCUT2D eigenvalue weighted by Crippen LogP contribution is -2.37. The minimum Gasteiger partial charge on any atom is -0.271 e. The van der Waals surface area contributed by atoms with Gasteiger partial charge in [-0.2, -0.15) is 0 Å². The zero-order chi connectivity index (χ0) is 19.5. The summed E-state index contributed by atoms with van der Waals surface area (Å²) in [7, 11) is 0. The van der Waals surface area contributed by atoms with Gasteiger partial charge >= 0.3 is 0 Å². The summed E-state index contributed by atoms with van der Waals surface area (Å²) in [5.41, 5.74) is 7.41. The summed E-state index contributed by atoms with van der Waals surface area (Å²) < 4.78 is 0. The smallest absolute Gasteiger partial charge is 0.152 e. The molecule has 0 saturated heterocycles. The lowest BCUT2D eigenvalue weighted by Gasteiger charge is -2.28. The molecule has 5 heteroatoms. The summed E-state index contributed by atoms with van der Waals surface area (Å²) in [6, 6.07) is 14.6. The fourth-order valence-electron chi connectivity index (χ4n) is 3.95. The molecule has 1 aromatic heterocycles. The highest BCUT2D eigenvalue weighted by molar-refractivity contribution is 6.30. The number of fused-ring (bicyclic) bond motifs is 1. The average Bonchev–Trinajstić information content (AvgIpc) is 2.73. The maximum atomic E-state index is 5.97. The molecule has 1 aliphatic carbocycles. The van der Waals surface area contributed by atoms with Crippen molar-refractivity contribution in [1.29, 1.82) is 0 Å². The molecule has 3 aromatic rings. The standard InChI is InChI=1S/C23H25ClN4/c1-15-2-12-21-20(14-15)23(17-6-10-19(28-25)11-7-17)27-22(26-21)13-5-16-3-8-18(24)9-4-16/h2-5,8-9,12-14,17,19,28H,6-7,10-11,25H2,1H3/t17-,19+. The number of hydrazine groups is 1. The van der Waals surface area contributed by atoms with E-state index >= 15 is 0 Å². The second kappa shape index (κ2) is 8.39. The van der Waals surface area contributed by atoms with Crippen molar-refractivity contribution < 1.29 is 0 Å². The van der Waals surface area contributed by atoms with Crippen molar-refractivity contribution in [2.24, 2.45) is 5.84 Å². The van der Waals surface area contributed by atoms with Gasteiger partial charge in [-0.25, -0.2) is 9.97 Å². The van der Waals surface area contributed by atoms with Gasteiger partial charge in [0, 0.05) is 22.4 Å². The number of hydrogen-bond acceptors (Lipinski definition) is 4. The molecule has 4 rings (SSSR count). The summed E-state index contributed by atoms with van der Waals surface area (Å²) >= 11 is 5.97. The Bertz CT molecular complexity index is 989. The molecular weight excluding hydrogens is 368 g/mol. The monoisotopic (exact) mass is 392 g/mol. The molecule has 0 radical (unpaired) electrons. The first-order valence-corrected chi connectivity index (χ1v) is 10.2. The summed E-state index contributed by atoms with van der Waals surface area (Å²) in [5.74, 6) is 6.83. The molecule has 0 spiro atoms. The fraction of sp³-hybridized carbons (Fsp3) is 0.304. The third kappa shape index (κ3) is 4.25. The van der Waals surface area contributed by atoms with Gasteiger partial charge in [-0.15, -0.1) is 0 Å². The Hall–Kier alpha value is -2.27. The van der Waals surface area contributed by atoms with Gasteiger partial charge < -0.3 is 0 Å². The molecule has 0 unspecified atom stereocenters. The molecule has 144 valence electrons. The molecule has 4 nitrogen and oxygen atoms in total. The fourth-order valence-corrected chi connectivity index (χ4v) is 4.07. The minimum atomic E-state index is 0.412. The van der Waals surface area contributed by atoms with Crippen LogP contribution < -0.4 is 11.3 Å². The van der Waals surface area contributed by atoms with E-state index in [2.05, 4.69) is 30.5 Å². The lowest BCUT2D eigenvalue weighted by atomic mass is 9.83. The summed E-state index contributed by atoms with van der Waals surface area (Å²) in [5, 5.41) is 1.91. The van der Waals surface area contributed by atoms with Gasteiger partial charge in [0.15, 0.2) is 5.82 Å². The molecule has 0 bridgehead atoms. The maximum absolute atomic E-state index is 5.97. The number of halogens is 1. The van der Waals surface area contributed by atoms with Crippen molar-refractivity contribution in [3.8, 4) is 0 Å². The predicted molar refractivity (Wildman–Crippen MR) is 117 cm³/mol. The Labute approximate surface area is 170 Å². The van der Waals surface area contributed by atoms with Crippen LogP contribution in [0.2, 0.25) is 5.02 Å². The van der Waals surface area contributed by atoms with Crippen molar-refractivity contribution in [3.05, 3.63) is 70.1 Å². The largest absolute Gasteiger partial charge is 0.271 e. The Kier molecular flexibility index (Phi) is 5.72. The van der Waals surface area contributed by atoms with Gasteiger partial charge in [-0.3, -0.25) is 11.3 Å². The van der Waals surface area contributed by atoms with Gasteiger partial charge in [0.2, 0.25) is 0 Å². The molecule has 0 amide bonds. The summed E-state index contributed by atoms with van der Waals surface area (Å²) in [6.45, 7) is 2.12. The lowest BCUT2D eigenvalue weighted by molar-refractivity contribution is 0.344. The minimum absolute atomic E-state index is 0.412. The number of nitrogens with two attached hydrogens (primary N) is 1. The topological polar surface area (TPSA) is 63.8 Å². The average molecular weight is 393 g/mol. The number of rotatable bonds is 4. The van der Waals surface area contributed by atoms with Crippen LogP contribution in [0.5, 0.6) is 0 Å². The van der Waals surface area contributed by atoms with Crippen LogP contribution in [-0.2, 0) is 0 Å². The van der Waals surface area contributed by atoms with Crippen molar-refractivity contribution in [2.45, 2.75) is 44.6 Å². The van der Waals surface area contributed by atoms with Gasteiger partial charge in [0.1, 0.15) is 0 Å². The first-order chi connectivity index (χ1) is 13.6. The summed E-state index contributed by atoms with van der Waals surface area (Å²) in [6.07, 6.45) is 8.36. The third-order valence-corrected chi connectivity index (χ3v) is 5.79. The predicted octanol–water partition coefficient (Wildman–Crippen LogP) is 5.25. The molecule has 1 fully saturated rings. The molecule has 1 saturated carbocycles. The third-order valence-electron chi connectivity index (χ3n) is 5.54. The summed E-state index contributed by atoms with van der Waals surface area (Å²) in [4.78, 5) is 9.75. The Morgan fingerprint density at radius 3 is 2.46 bits per heavy atom. The van der Waals surface area contributed by atoms with Gasteiger partial charge in [0.05, 0.1) is 11.2 Å². The Morgan fingerprint density at radius 2 is 1.75 bits per heavy atom. The highest BCUT2D eigenvalue weighted by Crippen LogP contribution is 2.35. The second-order valence-corrected chi connectivity index (χ2v) is 8.02. The highest BCUT2D eigenvalue weighted by Gasteiger charge is 2.24. The van der Waals surface area contributed by atoms with Crippen LogP contribution in [0, 0.1) is 6.92 Å². The number of benzene rings is 2. The quantitative estimate of drug-likeness (QED) is 0.470. The molecule has 2 aromatic carbocycles. The number of aromatic nitrogens is 2. The van der Waals surface area contributed by atoms with Crippen LogP contribution in [0.3, 0.4) is 0 Å². The van der Waals surface area contributed by atoms with E-state index in [1.807, 2.05) is 36.4 Å². The SMILES string of the molecule is Cc1ccc2nc(C=Cc3ccc(Cl)cc3)nc([C@H]3CC[C@@H](NN)CC3)c2c1. The molecule has 0 aliphatic heterocycles. The van der Waals surface area contributed by atoms with Crippen molar-refractivity contribution in [3.63, 3.8) is 0 Å². The highest BCUT2D eigenvalue weighted by atomic mass is 35.5. The molecular formula is C23H25ClN4. The normalized spacial score (nSPS) is 20.1.